The van der Waals surface area contributed by atoms with E-state index in [0.29, 0.717) is 0 Å². The number of furan rings is 1. The smallest absolute Gasteiger partial charge is 0.311 e. The molecule has 1 unspecified atom stereocenters. The van der Waals surface area contributed by atoms with E-state index in [4.69, 9.17) is 9.15 Å². The molecule has 0 radical (unpaired) electrons. The van der Waals surface area contributed by atoms with Crippen molar-refractivity contribution in [1.82, 2.24) is 5.32 Å². The van der Waals surface area contributed by atoms with Crippen molar-refractivity contribution in [3.63, 3.8) is 0 Å². The van der Waals surface area contributed by atoms with Crippen molar-refractivity contribution in [2.45, 2.75) is 71.4 Å². The van der Waals surface area contributed by atoms with Crippen LogP contribution in [-0.2, 0) is 20.7 Å². The molecule has 0 spiro atoms. The van der Waals surface area contributed by atoms with Crippen LogP contribution >= 0.6 is 0 Å². The first-order valence-corrected chi connectivity index (χ1v) is 9.41. The van der Waals surface area contributed by atoms with E-state index in [1.807, 2.05) is 26.0 Å². The van der Waals surface area contributed by atoms with E-state index in [2.05, 4.69) is 5.32 Å². The van der Waals surface area contributed by atoms with Gasteiger partial charge in [0, 0.05) is 17.0 Å². The first-order valence-electron chi connectivity index (χ1n) is 9.41. The predicted octanol–water partition coefficient (Wildman–Crippen LogP) is 3.97. The molecule has 0 saturated heterocycles. The number of fused-ring (bicyclic) bond motifs is 1. The number of hydrogen-bond donors (Lipinski definition) is 1. The number of rotatable bonds is 5. The Bertz CT molecular complexity index is 802. The van der Waals surface area contributed by atoms with E-state index in [0.717, 1.165) is 53.3 Å². The summed E-state index contributed by atoms with van der Waals surface area (Å²) in [6.45, 7) is 5.68. The molecular weight excluding hydrogens is 330 g/mol. The van der Waals surface area contributed by atoms with Crippen molar-refractivity contribution < 1.29 is 18.7 Å². The number of carbonyl (C=O) groups is 2. The Hall–Kier alpha value is -2.30. The molecule has 1 aromatic heterocycles. The highest BCUT2D eigenvalue weighted by atomic mass is 16.5. The van der Waals surface area contributed by atoms with Gasteiger partial charge in [0.15, 0.2) is 6.10 Å². The van der Waals surface area contributed by atoms with Crippen molar-refractivity contribution in [3.05, 3.63) is 35.1 Å². The van der Waals surface area contributed by atoms with Crippen LogP contribution in [0.3, 0.4) is 0 Å². The summed E-state index contributed by atoms with van der Waals surface area (Å²) < 4.78 is 10.9. The van der Waals surface area contributed by atoms with Gasteiger partial charge < -0.3 is 14.5 Å². The van der Waals surface area contributed by atoms with E-state index in [1.165, 1.54) is 6.42 Å². The van der Waals surface area contributed by atoms with Gasteiger partial charge in [-0.1, -0.05) is 19.3 Å². The monoisotopic (exact) mass is 357 g/mol. The first kappa shape index (κ1) is 18.5. The summed E-state index contributed by atoms with van der Waals surface area (Å²) >= 11 is 0. The summed E-state index contributed by atoms with van der Waals surface area (Å²) in [5, 5.41) is 3.91. The normalized spacial score (nSPS) is 16.4. The molecule has 26 heavy (non-hydrogen) atoms. The van der Waals surface area contributed by atoms with Crippen LogP contribution in [0.25, 0.3) is 11.0 Å². The predicted molar refractivity (Wildman–Crippen MR) is 100.0 cm³/mol. The van der Waals surface area contributed by atoms with Gasteiger partial charge in [0.05, 0.1) is 12.7 Å². The molecule has 5 heteroatoms. The van der Waals surface area contributed by atoms with Gasteiger partial charge >= 0.3 is 5.97 Å². The Morgan fingerprint density at radius 3 is 2.62 bits per heavy atom. The van der Waals surface area contributed by atoms with Crippen molar-refractivity contribution in [2.75, 3.05) is 0 Å². The lowest BCUT2D eigenvalue weighted by atomic mass is 9.95. The number of ether oxygens (including phenoxy) is 1. The third-order valence-corrected chi connectivity index (χ3v) is 5.23. The molecule has 1 N–H and O–H groups in total. The van der Waals surface area contributed by atoms with Crippen LogP contribution in [0, 0.1) is 13.8 Å². The molecule has 0 aliphatic heterocycles. The quantitative estimate of drug-likeness (QED) is 0.822. The maximum absolute atomic E-state index is 12.3. The van der Waals surface area contributed by atoms with Crippen molar-refractivity contribution >= 4 is 22.8 Å². The minimum Gasteiger partial charge on any atom is -0.464 e. The average molecular weight is 357 g/mol. The average Bonchev–Trinajstić information content (AvgIpc) is 2.97. The molecule has 1 aromatic carbocycles. The highest BCUT2D eigenvalue weighted by Gasteiger charge is 2.23. The zero-order valence-corrected chi connectivity index (χ0v) is 15.8. The van der Waals surface area contributed by atoms with Crippen LogP contribution in [0.15, 0.2) is 22.8 Å². The van der Waals surface area contributed by atoms with E-state index in [-0.39, 0.29) is 18.4 Å². The molecule has 1 atom stereocenters. The molecule has 1 aliphatic rings. The molecule has 2 aromatic rings. The number of aryl methyl sites for hydroxylation is 2. The van der Waals surface area contributed by atoms with Crippen molar-refractivity contribution in [1.29, 1.82) is 0 Å². The molecule has 1 amide bonds. The molecule has 1 heterocycles. The number of benzene rings is 1. The second-order valence-corrected chi connectivity index (χ2v) is 7.35. The maximum atomic E-state index is 12.3. The number of hydrogen-bond acceptors (Lipinski definition) is 4. The van der Waals surface area contributed by atoms with Gasteiger partial charge in [0.25, 0.3) is 5.91 Å². The zero-order valence-electron chi connectivity index (χ0n) is 15.8. The van der Waals surface area contributed by atoms with Crippen LogP contribution < -0.4 is 5.32 Å². The van der Waals surface area contributed by atoms with Crippen LogP contribution in [0.1, 0.15) is 55.7 Å². The van der Waals surface area contributed by atoms with E-state index in [9.17, 15) is 9.59 Å². The Labute approximate surface area is 154 Å². The standard InChI is InChI=1S/C21H27NO4/c1-13-9-18-16(12-25-19(18)10-14(13)2)11-20(23)26-15(3)21(24)22-17-7-5-4-6-8-17/h9-10,12,15,17H,4-8,11H2,1-3H3,(H,22,24). The zero-order chi connectivity index (χ0) is 18.7. The minimum absolute atomic E-state index is 0.0938. The van der Waals surface area contributed by atoms with Gasteiger partial charge in [0.2, 0.25) is 0 Å². The summed E-state index contributed by atoms with van der Waals surface area (Å²) in [4.78, 5) is 24.5. The van der Waals surface area contributed by atoms with Crippen molar-refractivity contribution in [2.24, 2.45) is 0 Å². The van der Waals surface area contributed by atoms with Crippen LogP contribution in [-0.4, -0.2) is 24.0 Å². The maximum Gasteiger partial charge on any atom is 0.311 e. The molecular formula is C21H27NO4. The van der Waals surface area contributed by atoms with Gasteiger partial charge in [-0.05, 0) is 56.9 Å². The molecule has 0 bridgehead atoms. The number of nitrogens with one attached hydrogen (secondary N) is 1. The lowest BCUT2D eigenvalue weighted by Crippen LogP contribution is -2.42. The lowest BCUT2D eigenvalue weighted by Gasteiger charge is -2.24. The van der Waals surface area contributed by atoms with Gasteiger partial charge in [0.1, 0.15) is 5.58 Å². The summed E-state index contributed by atoms with van der Waals surface area (Å²) in [6.07, 6.45) is 6.43. The summed E-state index contributed by atoms with van der Waals surface area (Å²) in [5.41, 5.74) is 3.84. The van der Waals surface area contributed by atoms with E-state index >= 15 is 0 Å². The highest BCUT2D eigenvalue weighted by molar-refractivity contribution is 5.88. The molecule has 140 valence electrons. The Morgan fingerprint density at radius 2 is 1.88 bits per heavy atom. The fourth-order valence-electron chi connectivity index (χ4n) is 3.49. The van der Waals surface area contributed by atoms with Gasteiger partial charge in [-0.3, -0.25) is 9.59 Å². The number of amides is 1. The molecule has 1 fully saturated rings. The third-order valence-electron chi connectivity index (χ3n) is 5.23. The molecule has 3 rings (SSSR count). The SMILES string of the molecule is Cc1cc2occ(CC(=O)OC(C)C(=O)NC3CCCCC3)c2cc1C. The largest absolute Gasteiger partial charge is 0.464 e. The minimum atomic E-state index is -0.786. The topological polar surface area (TPSA) is 68.5 Å². The Morgan fingerprint density at radius 1 is 1.19 bits per heavy atom. The fraction of sp³-hybridized carbons (Fsp3) is 0.524. The van der Waals surface area contributed by atoms with Crippen LogP contribution in [0.4, 0.5) is 0 Å². The number of esters is 1. The third kappa shape index (κ3) is 4.26. The van der Waals surface area contributed by atoms with E-state index in [1.54, 1.807) is 13.2 Å². The van der Waals surface area contributed by atoms with Gasteiger partial charge in [-0.15, -0.1) is 0 Å². The van der Waals surface area contributed by atoms with E-state index < -0.39 is 12.1 Å². The molecule has 1 saturated carbocycles. The first-order chi connectivity index (χ1) is 12.4. The number of carbonyl (C=O) groups excluding carboxylic acids is 2. The second-order valence-electron chi connectivity index (χ2n) is 7.35. The van der Waals surface area contributed by atoms with Crippen LogP contribution in [0.2, 0.25) is 0 Å². The summed E-state index contributed by atoms with van der Waals surface area (Å²) in [5.74, 6) is -0.633. The molecule has 5 nitrogen and oxygen atoms in total. The molecule has 1 aliphatic carbocycles. The summed E-state index contributed by atoms with van der Waals surface area (Å²) in [6, 6.07) is 4.21. The Kier molecular flexibility index (Phi) is 5.64. The van der Waals surface area contributed by atoms with Crippen molar-refractivity contribution in [3.8, 4) is 0 Å². The van der Waals surface area contributed by atoms with Gasteiger partial charge in [-0.25, -0.2) is 0 Å². The lowest BCUT2D eigenvalue weighted by molar-refractivity contribution is -0.154. The van der Waals surface area contributed by atoms with Gasteiger partial charge in [-0.2, -0.15) is 0 Å². The second kappa shape index (κ2) is 7.94. The highest BCUT2D eigenvalue weighted by Crippen LogP contribution is 2.25. The fourth-order valence-corrected chi connectivity index (χ4v) is 3.49. The Balaban J connectivity index is 1.58. The summed E-state index contributed by atoms with van der Waals surface area (Å²) in [7, 11) is 0. The van der Waals surface area contributed by atoms with Crippen LogP contribution in [0.5, 0.6) is 0 Å².